The quantitative estimate of drug-likeness (QED) is 0.716. The zero-order valence-electron chi connectivity index (χ0n) is 15.6. The lowest BCUT2D eigenvalue weighted by molar-refractivity contribution is 0.0730. The van der Waals surface area contributed by atoms with E-state index in [4.69, 9.17) is 10.5 Å². The SMILES string of the molecule is CCc1ccc(C(=O)Nc2ccccc2N)cc1S(=O)(=O)N1CCOCC1.Cl. The number of para-hydroxylation sites is 2. The molecule has 28 heavy (non-hydrogen) atoms. The standard InChI is InChI=1S/C19H23N3O4S.ClH/c1-2-14-7-8-15(19(23)21-17-6-4-3-5-16(17)20)13-18(14)27(24,25)22-9-11-26-12-10-22;/h3-8,13H,2,9-12,20H2,1H3,(H,21,23);1H. The van der Waals surface area contributed by atoms with E-state index in [0.717, 1.165) is 0 Å². The van der Waals surface area contributed by atoms with Gasteiger partial charge in [0.05, 0.1) is 29.5 Å². The van der Waals surface area contributed by atoms with Crippen molar-refractivity contribution in [1.82, 2.24) is 4.31 Å². The van der Waals surface area contributed by atoms with Gasteiger partial charge in [0.1, 0.15) is 0 Å². The van der Waals surface area contributed by atoms with E-state index in [1.807, 2.05) is 6.92 Å². The van der Waals surface area contributed by atoms with Crippen LogP contribution < -0.4 is 11.1 Å². The zero-order valence-corrected chi connectivity index (χ0v) is 17.2. The molecule has 0 aliphatic carbocycles. The Morgan fingerprint density at radius 1 is 1.18 bits per heavy atom. The van der Waals surface area contributed by atoms with Crippen molar-refractivity contribution in [3.8, 4) is 0 Å². The van der Waals surface area contributed by atoms with Crippen LogP contribution in [-0.4, -0.2) is 44.9 Å². The van der Waals surface area contributed by atoms with Gasteiger partial charge in [-0.3, -0.25) is 4.79 Å². The molecule has 3 rings (SSSR count). The van der Waals surface area contributed by atoms with Crippen molar-refractivity contribution in [2.75, 3.05) is 37.4 Å². The van der Waals surface area contributed by atoms with Crippen LogP contribution in [0.4, 0.5) is 11.4 Å². The number of benzene rings is 2. The summed E-state index contributed by atoms with van der Waals surface area (Å²) in [6, 6.07) is 11.7. The van der Waals surface area contributed by atoms with Crippen molar-refractivity contribution >= 4 is 39.7 Å². The van der Waals surface area contributed by atoms with Crippen molar-refractivity contribution in [3.05, 3.63) is 53.6 Å². The molecule has 1 saturated heterocycles. The third-order valence-corrected chi connectivity index (χ3v) is 6.49. The van der Waals surface area contributed by atoms with Gasteiger partial charge in [-0.05, 0) is 36.2 Å². The maximum atomic E-state index is 13.1. The molecule has 1 heterocycles. The number of nitrogens with two attached hydrogens (primary N) is 1. The average Bonchev–Trinajstić information content (AvgIpc) is 2.69. The number of sulfonamides is 1. The fourth-order valence-electron chi connectivity index (χ4n) is 2.96. The molecule has 2 aromatic carbocycles. The van der Waals surface area contributed by atoms with Crippen LogP contribution in [0.2, 0.25) is 0 Å². The van der Waals surface area contributed by atoms with Crippen molar-refractivity contribution in [2.24, 2.45) is 0 Å². The minimum Gasteiger partial charge on any atom is -0.397 e. The minimum absolute atomic E-state index is 0. The highest BCUT2D eigenvalue weighted by Gasteiger charge is 2.29. The number of aryl methyl sites for hydroxylation is 1. The van der Waals surface area contributed by atoms with E-state index in [2.05, 4.69) is 5.32 Å². The van der Waals surface area contributed by atoms with Crippen LogP contribution in [0.3, 0.4) is 0 Å². The average molecular weight is 426 g/mol. The van der Waals surface area contributed by atoms with Gasteiger partial charge in [0.25, 0.3) is 5.91 Å². The van der Waals surface area contributed by atoms with Gasteiger partial charge < -0.3 is 15.8 Å². The normalized spacial score (nSPS) is 14.9. The molecule has 0 atom stereocenters. The van der Waals surface area contributed by atoms with Gasteiger partial charge in [0.2, 0.25) is 10.0 Å². The zero-order chi connectivity index (χ0) is 19.4. The predicted octanol–water partition coefficient (Wildman–Crippen LogP) is 2.53. The van der Waals surface area contributed by atoms with Crippen LogP contribution in [0.1, 0.15) is 22.8 Å². The largest absolute Gasteiger partial charge is 0.397 e. The summed E-state index contributed by atoms with van der Waals surface area (Å²) < 4.78 is 32.8. The number of ether oxygens (including phenoxy) is 1. The van der Waals surface area contributed by atoms with Crippen molar-refractivity contribution in [3.63, 3.8) is 0 Å². The maximum absolute atomic E-state index is 13.1. The van der Waals surface area contributed by atoms with Crippen LogP contribution in [0, 0.1) is 0 Å². The minimum atomic E-state index is -3.69. The van der Waals surface area contributed by atoms with Gasteiger partial charge in [0.15, 0.2) is 0 Å². The number of carbonyl (C=O) groups is 1. The molecule has 9 heteroatoms. The summed E-state index contributed by atoms with van der Waals surface area (Å²) in [6.07, 6.45) is 0.548. The number of amides is 1. The van der Waals surface area contributed by atoms with Gasteiger partial charge in [-0.1, -0.05) is 25.1 Å². The van der Waals surface area contributed by atoms with E-state index in [9.17, 15) is 13.2 Å². The predicted molar refractivity (Wildman–Crippen MR) is 111 cm³/mol. The summed E-state index contributed by atoms with van der Waals surface area (Å²) in [5.41, 5.74) is 7.73. The third-order valence-electron chi connectivity index (χ3n) is 4.51. The second-order valence-electron chi connectivity index (χ2n) is 6.23. The maximum Gasteiger partial charge on any atom is 0.255 e. The van der Waals surface area contributed by atoms with Crippen molar-refractivity contribution in [2.45, 2.75) is 18.2 Å². The molecule has 0 spiro atoms. The Kier molecular flexibility index (Phi) is 7.42. The summed E-state index contributed by atoms with van der Waals surface area (Å²) >= 11 is 0. The van der Waals surface area contributed by atoms with E-state index in [1.165, 1.54) is 10.4 Å². The molecule has 1 amide bonds. The second-order valence-corrected chi connectivity index (χ2v) is 8.14. The number of anilines is 2. The topological polar surface area (TPSA) is 102 Å². The second kappa shape index (κ2) is 9.38. The number of nitrogen functional groups attached to an aromatic ring is 1. The fourth-order valence-corrected chi connectivity index (χ4v) is 4.69. The molecule has 1 aliphatic rings. The molecule has 0 bridgehead atoms. The van der Waals surface area contributed by atoms with Gasteiger partial charge in [-0.2, -0.15) is 4.31 Å². The van der Waals surface area contributed by atoms with E-state index < -0.39 is 15.9 Å². The van der Waals surface area contributed by atoms with Crippen LogP contribution >= 0.6 is 12.4 Å². The summed E-state index contributed by atoms with van der Waals surface area (Å²) in [5, 5.41) is 2.73. The lowest BCUT2D eigenvalue weighted by atomic mass is 10.1. The number of hydrogen-bond donors (Lipinski definition) is 2. The molecule has 1 fully saturated rings. The molecule has 0 radical (unpaired) electrons. The molecule has 3 N–H and O–H groups in total. The molecule has 0 aromatic heterocycles. The lowest BCUT2D eigenvalue weighted by Crippen LogP contribution is -2.41. The van der Waals surface area contributed by atoms with Gasteiger partial charge in [0, 0.05) is 18.7 Å². The highest BCUT2D eigenvalue weighted by Crippen LogP contribution is 2.24. The summed E-state index contributed by atoms with van der Waals surface area (Å²) in [5.74, 6) is -0.408. The smallest absolute Gasteiger partial charge is 0.255 e. The Labute approximate surface area is 171 Å². The first-order valence-electron chi connectivity index (χ1n) is 8.80. The molecule has 7 nitrogen and oxygen atoms in total. The Morgan fingerprint density at radius 2 is 1.86 bits per heavy atom. The molecule has 0 saturated carbocycles. The van der Waals surface area contributed by atoms with Gasteiger partial charge in [-0.15, -0.1) is 12.4 Å². The number of hydrogen-bond acceptors (Lipinski definition) is 5. The highest BCUT2D eigenvalue weighted by atomic mass is 35.5. The van der Waals surface area contributed by atoms with Gasteiger partial charge >= 0.3 is 0 Å². The van der Waals surface area contributed by atoms with Crippen LogP contribution in [-0.2, 0) is 21.2 Å². The molecule has 2 aromatic rings. The highest BCUT2D eigenvalue weighted by molar-refractivity contribution is 7.89. The molecule has 0 unspecified atom stereocenters. The van der Waals surface area contributed by atoms with Crippen LogP contribution in [0.25, 0.3) is 0 Å². The van der Waals surface area contributed by atoms with Crippen molar-refractivity contribution in [1.29, 1.82) is 0 Å². The number of nitrogens with zero attached hydrogens (tertiary/aromatic N) is 1. The molecular formula is C19H24ClN3O4S. The Hall–Kier alpha value is -2.13. The first-order valence-corrected chi connectivity index (χ1v) is 10.2. The van der Waals surface area contributed by atoms with E-state index in [-0.39, 0.29) is 22.9 Å². The summed E-state index contributed by atoms with van der Waals surface area (Å²) in [7, 11) is -3.69. The molecule has 152 valence electrons. The number of nitrogens with one attached hydrogen (secondary N) is 1. The number of rotatable bonds is 5. The number of carbonyl (C=O) groups excluding carboxylic acids is 1. The van der Waals surface area contributed by atoms with Crippen LogP contribution in [0.15, 0.2) is 47.4 Å². The monoisotopic (exact) mass is 425 g/mol. The fraction of sp³-hybridized carbons (Fsp3) is 0.316. The number of morpholine rings is 1. The Balaban J connectivity index is 0.00000280. The summed E-state index contributed by atoms with van der Waals surface area (Å²) in [6.45, 7) is 3.24. The van der Waals surface area contributed by atoms with Crippen molar-refractivity contribution < 1.29 is 17.9 Å². The Morgan fingerprint density at radius 3 is 2.50 bits per heavy atom. The van der Waals surface area contributed by atoms with E-state index in [1.54, 1.807) is 36.4 Å². The Bertz CT molecular complexity index is 944. The number of halogens is 1. The lowest BCUT2D eigenvalue weighted by Gasteiger charge is -2.27. The molecular weight excluding hydrogens is 402 g/mol. The van der Waals surface area contributed by atoms with E-state index in [0.29, 0.717) is 49.7 Å². The van der Waals surface area contributed by atoms with Crippen LogP contribution in [0.5, 0.6) is 0 Å². The van der Waals surface area contributed by atoms with E-state index >= 15 is 0 Å². The molecule has 1 aliphatic heterocycles. The van der Waals surface area contributed by atoms with Gasteiger partial charge in [-0.25, -0.2) is 8.42 Å². The third kappa shape index (κ3) is 4.64. The summed E-state index contributed by atoms with van der Waals surface area (Å²) in [4.78, 5) is 12.8. The first-order chi connectivity index (χ1) is 12.9. The first kappa shape index (κ1) is 22.2.